The van der Waals surface area contributed by atoms with Crippen molar-refractivity contribution >= 4 is 15.9 Å². The van der Waals surface area contributed by atoms with E-state index in [0.29, 0.717) is 4.83 Å². The molecule has 1 atom stereocenters. The van der Waals surface area contributed by atoms with E-state index < -0.39 is 0 Å². The number of benzene rings is 1. The van der Waals surface area contributed by atoms with E-state index in [4.69, 9.17) is 4.74 Å². The van der Waals surface area contributed by atoms with Gasteiger partial charge in [0.15, 0.2) is 0 Å². The Kier molecular flexibility index (Phi) is 4.49. The molecule has 1 aromatic rings. The summed E-state index contributed by atoms with van der Waals surface area (Å²) in [6.07, 6.45) is 5.46. The quantitative estimate of drug-likeness (QED) is 0.717. The minimum atomic E-state index is 0.501. The lowest BCUT2D eigenvalue weighted by molar-refractivity contribution is 0.287. The highest BCUT2D eigenvalue weighted by Crippen LogP contribution is 2.41. The first-order valence-electron chi connectivity index (χ1n) is 6.48. The lowest BCUT2D eigenvalue weighted by atomic mass is 9.80. The summed E-state index contributed by atoms with van der Waals surface area (Å²) in [4.78, 5) is 0.501. The number of hydrogen-bond acceptors (Lipinski definition) is 1. The molecule has 0 bridgehead atoms. The van der Waals surface area contributed by atoms with Crippen LogP contribution in [0.1, 0.15) is 43.0 Å². The molecule has 1 aliphatic carbocycles. The molecule has 0 amide bonds. The van der Waals surface area contributed by atoms with Crippen LogP contribution >= 0.6 is 15.9 Å². The second-order valence-corrected chi connectivity index (χ2v) is 6.18. The SMILES string of the molecule is COc1ccc(C(Br)C2CCC(C)CC2)cc1. The van der Waals surface area contributed by atoms with Gasteiger partial charge in [0.1, 0.15) is 5.75 Å². The summed E-state index contributed by atoms with van der Waals surface area (Å²) >= 11 is 3.87. The molecule has 0 aliphatic heterocycles. The first kappa shape index (κ1) is 12.9. The molecule has 17 heavy (non-hydrogen) atoms. The van der Waals surface area contributed by atoms with Crippen molar-refractivity contribution in [1.82, 2.24) is 0 Å². The highest BCUT2D eigenvalue weighted by Gasteiger charge is 2.25. The fourth-order valence-electron chi connectivity index (χ4n) is 2.64. The average Bonchev–Trinajstić information content (AvgIpc) is 2.39. The Morgan fingerprint density at radius 3 is 2.24 bits per heavy atom. The van der Waals surface area contributed by atoms with E-state index in [9.17, 15) is 0 Å². The molecular weight excluding hydrogens is 276 g/mol. The fraction of sp³-hybridized carbons (Fsp3) is 0.600. The molecular formula is C15H21BrO. The second-order valence-electron chi connectivity index (χ2n) is 5.19. The van der Waals surface area contributed by atoms with Gasteiger partial charge in [0.25, 0.3) is 0 Å². The Balaban J connectivity index is 2.00. The van der Waals surface area contributed by atoms with Crippen LogP contribution in [0, 0.1) is 11.8 Å². The molecule has 94 valence electrons. The lowest BCUT2D eigenvalue weighted by Crippen LogP contribution is -2.16. The molecule has 2 heteroatoms. The van der Waals surface area contributed by atoms with Gasteiger partial charge in [-0.1, -0.05) is 47.8 Å². The molecule has 1 unspecified atom stereocenters. The van der Waals surface area contributed by atoms with Crippen LogP contribution in [0.15, 0.2) is 24.3 Å². The van der Waals surface area contributed by atoms with Crippen LogP contribution in [0.25, 0.3) is 0 Å². The minimum Gasteiger partial charge on any atom is -0.497 e. The van der Waals surface area contributed by atoms with Crippen LogP contribution < -0.4 is 4.74 Å². The molecule has 1 aliphatic rings. The molecule has 2 rings (SSSR count). The summed E-state index contributed by atoms with van der Waals surface area (Å²) in [7, 11) is 1.71. The van der Waals surface area contributed by atoms with E-state index in [1.54, 1.807) is 7.11 Å². The largest absolute Gasteiger partial charge is 0.497 e. The third-order valence-electron chi connectivity index (χ3n) is 3.91. The summed E-state index contributed by atoms with van der Waals surface area (Å²) < 4.78 is 5.19. The smallest absolute Gasteiger partial charge is 0.118 e. The Labute approximate surface area is 113 Å². The normalized spacial score (nSPS) is 26.5. The van der Waals surface area contributed by atoms with E-state index in [1.807, 2.05) is 0 Å². The first-order chi connectivity index (χ1) is 8.20. The molecule has 1 aromatic carbocycles. The highest BCUT2D eigenvalue weighted by atomic mass is 79.9. The molecule has 0 saturated heterocycles. The van der Waals surface area contributed by atoms with Gasteiger partial charge in [-0.25, -0.2) is 0 Å². The molecule has 1 fully saturated rings. The van der Waals surface area contributed by atoms with Crippen LogP contribution in [0.5, 0.6) is 5.75 Å². The molecule has 0 spiro atoms. The molecule has 1 nitrogen and oxygen atoms in total. The predicted molar refractivity (Wildman–Crippen MR) is 75.8 cm³/mol. The van der Waals surface area contributed by atoms with E-state index >= 15 is 0 Å². The van der Waals surface area contributed by atoms with Gasteiger partial charge in [0.05, 0.1) is 7.11 Å². The van der Waals surface area contributed by atoms with Crippen molar-refractivity contribution in [3.63, 3.8) is 0 Å². The zero-order valence-electron chi connectivity index (χ0n) is 10.7. The third-order valence-corrected chi connectivity index (χ3v) is 5.18. The number of ether oxygens (including phenoxy) is 1. The van der Waals surface area contributed by atoms with E-state index in [1.165, 1.54) is 31.2 Å². The van der Waals surface area contributed by atoms with Crippen molar-refractivity contribution in [3.05, 3.63) is 29.8 Å². The fourth-order valence-corrected chi connectivity index (χ4v) is 3.47. The Morgan fingerprint density at radius 2 is 1.71 bits per heavy atom. The second kappa shape index (κ2) is 5.90. The van der Waals surface area contributed by atoms with E-state index in [0.717, 1.165) is 17.6 Å². The monoisotopic (exact) mass is 296 g/mol. The zero-order chi connectivity index (χ0) is 12.3. The highest BCUT2D eigenvalue weighted by molar-refractivity contribution is 9.09. The summed E-state index contributed by atoms with van der Waals surface area (Å²) in [5, 5.41) is 0. The van der Waals surface area contributed by atoms with Crippen molar-refractivity contribution in [3.8, 4) is 5.75 Å². The van der Waals surface area contributed by atoms with Crippen LogP contribution in [0.3, 0.4) is 0 Å². The van der Waals surface area contributed by atoms with Gasteiger partial charge < -0.3 is 4.74 Å². The van der Waals surface area contributed by atoms with Gasteiger partial charge in [-0.2, -0.15) is 0 Å². The van der Waals surface area contributed by atoms with Crippen LogP contribution in [-0.4, -0.2) is 7.11 Å². The number of methoxy groups -OCH3 is 1. The van der Waals surface area contributed by atoms with Crippen molar-refractivity contribution in [2.45, 2.75) is 37.4 Å². The van der Waals surface area contributed by atoms with Gasteiger partial charge in [-0.15, -0.1) is 0 Å². The van der Waals surface area contributed by atoms with E-state index in [-0.39, 0.29) is 0 Å². The lowest BCUT2D eigenvalue weighted by Gasteiger charge is -2.30. The van der Waals surface area contributed by atoms with Crippen LogP contribution in [-0.2, 0) is 0 Å². The minimum absolute atomic E-state index is 0.501. The van der Waals surface area contributed by atoms with Crippen molar-refractivity contribution in [2.75, 3.05) is 7.11 Å². The Hall–Kier alpha value is -0.500. The van der Waals surface area contributed by atoms with Gasteiger partial charge >= 0.3 is 0 Å². The van der Waals surface area contributed by atoms with E-state index in [2.05, 4.69) is 47.1 Å². The maximum Gasteiger partial charge on any atom is 0.118 e. The number of halogens is 1. The first-order valence-corrected chi connectivity index (χ1v) is 7.40. The molecule has 0 heterocycles. The molecule has 0 aromatic heterocycles. The molecule has 0 radical (unpaired) electrons. The predicted octanol–water partition coefficient (Wildman–Crippen LogP) is 4.96. The van der Waals surface area contributed by atoms with Crippen LogP contribution in [0.4, 0.5) is 0 Å². The molecule has 0 N–H and O–H groups in total. The Bertz CT molecular complexity index is 338. The van der Waals surface area contributed by atoms with Gasteiger partial charge in [-0.3, -0.25) is 0 Å². The van der Waals surface area contributed by atoms with Crippen molar-refractivity contribution in [1.29, 1.82) is 0 Å². The summed E-state index contributed by atoms with van der Waals surface area (Å²) in [5.41, 5.74) is 1.38. The summed E-state index contributed by atoms with van der Waals surface area (Å²) in [6.45, 7) is 2.37. The average molecular weight is 297 g/mol. The summed E-state index contributed by atoms with van der Waals surface area (Å²) in [6, 6.07) is 8.46. The van der Waals surface area contributed by atoms with Crippen LogP contribution in [0.2, 0.25) is 0 Å². The van der Waals surface area contributed by atoms with Gasteiger partial charge in [0, 0.05) is 4.83 Å². The van der Waals surface area contributed by atoms with Crippen molar-refractivity contribution in [2.24, 2.45) is 11.8 Å². The van der Waals surface area contributed by atoms with Gasteiger partial charge in [0.2, 0.25) is 0 Å². The standard InChI is InChI=1S/C15H21BrO/c1-11-3-5-12(6-4-11)15(16)13-7-9-14(17-2)10-8-13/h7-12,15H,3-6H2,1-2H3. The summed E-state index contributed by atoms with van der Waals surface area (Å²) in [5.74, 6) is 2.65. The molecule has 1 saturated carbocycles. The maximum absolute atomic E-state index is 5.19. The topological polar surface area (TPSA) is 9.23 Å². The van der Waals surface area contributed by atoms with Crippen molar-refractivity contribution < 1.29 is 4.74 Å². The third kappa shape index (κ3) is 3.25. The zero-order valence-corrected chi connectivity index (χ0v) is 12.2. The number of rotatable bonds is 3. The maximum atomic E-state index is 5.19. The van der Waals surface area contributed by atoms with Gasteiger partial charge in [-0.05, 0) is 42.4 Å². The number of alkyl halides is 1. The number of hydrogen-bond donors (Lipinski definition) is 0. The Morgan fingerprint density at radius 1 is 1.12 bits per heavy atom.